The quantitative estimate of drug-likeness (QED) is 0.267. The van der Waals surface area contributed by atoms with E-state index in [4.69, 9.17) is 5.11 Å². The molecule has 1 rings (SSSR count). The van der Waals surface area contributed by atoms with E-state index in [-0.39, 0.29) is 11.5 Å². The zero-order chi connectivity index (χ0) is 20.4. The largest absolute Gasteiger partial charge is 0.513 e. The first-order valence-corrected chi connectivity index (χ1v) is 9.97. The Balaban J connectivity index is 0. The fraction of sp³-hybridized carbons (Fsp3) is 0.500. The minimum Gasteiger partial charge on any atom is -0.513 e. The number of aliphatic imine (C=N–C) groups is 1. The summed E-state index contributed by atoms with van der Waals surface area (Å²) in [6.07, 6.45) is 7.70. The highest BCUT2D eigenvalue weighted by Crippen LogP contribution is 2.14. The molecule has 0 amide bonds. The number of aliphatic hydroxyl groups excluding tert-OH is 2. The lowest BCUT2D eigenvalue weighted by molar-refractivity contribution is 0.397. The van der Waals surface area contributed by atoms with Crippen LogP contribution in [-0.4, -0.2) is 34.0 Å². The van der Waals surface area contributed by atoms with Gasteiger partial charge in [-0.1, -0.05) is 46.4 Å². The second-order valence-corrected chi connectivity index (χ2v) is 5.87. The van der Waals surface area contributed by atoms with E-state index in [9.17, 15) is 5.11 Å². The van der Waals surface area contributed by atoms with Gasteiger partial charge in [0.2, 0.25) is 0 Å². The molecule has 0 fully saturated rings. The van der Waals surface area contributed by atoms with Crippen LogP contribution in [0, 0.1) is 0 Å². The van der Waals surface area contributed by atoms with E-state index in [1.165, 1.54) is 0 Å². The van der Waals surface area contributed by atoms with Crippen molar-refractivity contribution in [3.05, 3.63) is 47.4 Å². The Kier molecular flexibility index (Phi) is 17.8. The molecule has 0 radical (unpaired) electrons. The summed E-state index contributed by atoms with van der Waals surface area (Å²) < 4.78 is 0. The molecular formula is C20H35N3O2S. The number of aromatic nitrogens is 1. The average molecular weight is 382 g/mol. The molecule has 26 heavy (non-hydrogen) atoms. The van der Waals surface area contributed by atoms with Crippen LogP contribution in [0.5, 0.6) is 0 Å². The Bertz CT molecular complexity index is 561. The highest BCUT2D eigenvalue weighted by Gasteiger charge is 2.00. The average Bonchev–Trinajstić information content (AvgIpc) is 3.05. The zero-order valence-electron chi connectivity index (χ0n) is 17.0. The van der Waals surface area contributed by atoms with Crippen LogP contribution in [0.25, 0.3) is 0 Å². The molecule has 0 saturated heterocycles. The van der Waals surface area contributed by atoms with Crippen molar-refractivity contribution in [1.82, 2.24) is 4.98 Å². The van der Waals surface area contributed by atoms with Gasteiger partial charge in [0, 0.05) is 30.5 Å². The number of hydrogen-bond donors (Lipinski definition) is 3. The van der Waals surface area contributed by atoms with Crippen molar-refractivity contribution in [2.24, 2.45) is 4.99 Å². The number of allylic oxidation sites excluding steroid dienone is 2. The molecule has 1 aromatic heterocycles. The van der Waals surface area contributed by atoms with Gasteiger partial charge in [-0.25, -0.2) is 4.98 Å². The van der Waals surface area contributed by atoms with Crippen LogP contribution < -0.4 is 5.32 Å². The lowest BCUT2D eigenvalue weighted by Crippen LogP contribution is -2.09. The van der Waals surface area contributed by atoms with Crippen LogP contribution in [0.2, 0.25) is 0 Å². The van der Waals surface area contributed by atoms with Crippen molar-refractivity contribution in [3.63, 3.8) is 0 Å². The molecule has 5 nitrogen and oxygen atoms in total. The molecule has 148 valence electrons. The van der Waals surface area contributed by atoms with Gasteiger partial charge < -0.3 is 15.5 Å². The second-order valence-electron chi connectivity index (χ2n) is 5.01. The van der Waals surface area contributed by atoms with Crippen molar-refractivity contribution >= 4 is 22.7 Å². The fourth-order valence-corrected chi connectivity index (χ4v) is 2.28. The molecule has 1 heterocycles. The van der Waals surface area contributed by atoms with Crippen LogP contribution in [0.3, 0.4) is 0 Å². The van der Waals surface area contributed by atoms with Crippen LogP contribution >= 0.6 is 11.3 Å². The van der Waals surface area contributed by atoms with Crippen LogP contribution in [0.4, 0.5) is 5.13 Å². The Morgan fingerprint density at radius 3 is 2.42 bits per heavy atom. The summed E-state index contributed by atoms with van der Waals surface area (Å²) in [6, 6.07) is 0.354. The maximum absolute atomic E-state index is 9.64. The third-order valence-corrected chi connectivity index (χ3v) is 3.23. The number of anilines is 1. The summed E-state index contributed by atoms with van der Waals surface area (Å²) in [5, 5.41) is 24.6. The Morgan fingerprint density at radius 1 is 1.23 bits per heavy atom. The third-order valence-electron chi connectivity index (χ3n) is 2.44. The van der Waals surface area contributed by atoms with Gasteiger partial charge in [0.05, 0.1) is 23.8 Å². The van der Waals surface area contributed by atoms with Gasteiger partial charge in [0.25, 0.3) is 0 Å². The van der Waals surface area contributed by atoms with Gasteiger partial charge in [-0.05, 0) is 19.9 Å². The summed E-state index contributed by atoms with van der Waals surface area (Å²) in [4.78, 5) is 8.58. The highest BCUT2D eigenvalue weighted by molar-refractivity contribution is 7.13. The van der Waals surface area contributed by atoms with E-state index in [1.807, 2.05) is 33.1 Å². The minimum absolute atomic E-state index is 0.110. The molecule has 0 aliphatic carbocycles. The SMILES string of the molecule is C=C(O)C/C=C\C/C(O)=C\CN=Cc1csc(NC(C)C)n1.CC.CC. The number of thiazole rings is 1. The molecular weight excluding hydrogens is 346 g/mol. The zero-order valence-corrected chi connectivity index (χ0v) is 17.8. The predicted octanol–water partition coefficient (Wildman–Crippen LogP) is 6.28. The molecule has 0 aromatic carbocycles. The normalized spacial score (nSPS) is 11.1. The Labute approximate surface area is 162 Å². The molecule has 0 atom stereocenters. The molecule has 0 aliphatic heterocycles. The first-order valence-electron chi connectivity index (χ1n) is 9.09. The predicted molar refractivity (Wildman–Crippen MR) is 117 cm³/mol. The molecule has 3 N–H and O–H groups in total. The Hall–Kier alpha value is -2.08. The number of nitrogens with zero attached hydrogens (tertiary/aromatic N) is 2. The summed E-state index contributed by atoms with van der Waals surface area (Å²) in [5.41, 5.74) is 0.808. The second kappa shape index (κ2) is 17.7. The molecule has 0 bridgehead atoms. The van der Waals surface area contributed by atoms with Crippen molar-refractivity contribution in [3.8, 4) is 0 Å². The van der Waals surface area contributed by atoms with E-state index in [0.29, 0.717) is 25.4 Å². The van der Waals surface area contributed by atoms with Crippen molar-refractivity contribution in [1.29, 1.82) is 0 Å². The lowest BCUT2D eigenvalue weighted by Gasteiger charge is -2.03. The highest BCUT2D eigenvalue weighted by atomic mass is 32.1. The first kappa shape index (κ1) is 26.2. The van der Waals surface area contributed by atoms with Crippen molar-refractivity contribution in [2.45, 2.75) is 60.4 Å². The first-order chi connectivity index (χ1) is 12.5. The molecule has 0 spiro atoms. The molecule has 0 aliphatic rings. The van der Waals surface area contributed by atoms with E-state index in [0.717, 1.165) is 10.8 Å². The van der Waals surface area contributed by atoms with Crippen molar-refractivity contribution < 1.29 is 10.2 Å². The number of rotatable bonds is 9. The molecule has 1 aromatic rings. The Morgan fingerprint density at radius 2 is 1.85 bits per heavy atom. The van der Waals surface area contributed by atoms with Gasteiger partial charge in [0.15, 0.2) is 5.13 Å². The van der Waals surface area contributed by atoms with Crippen LogP contribution in [0.1, 0.15) is 60.1 Å². The van der Waals surface area contributed by atoms with E-state index in [2.05, 4.69) is 35.7 Å². The van der Waals surface area contributed by atoms with Gasteiger partial charge in [-0.2, -0.15) is 0 Å². The van der Waals surface area contributed by atoms with E-state index in [1.54, 1.807) is 35.8 Å². The van der Waals surface area contributed by atoms with Gasteiger partial charge in [-0.15, -0.1) is 11.3 Å². The minimum atomic E-state index is 0.110. The maximum Gasteiger partial charge on any atom is 0.183 e. The molecule has 6 heteroatoms. The summed E-state index contributed by atoms with van der Waals surface area (Å²) in [7, 11) is 0. The van der Waals surface area contributed by atoms with E-state index >= 15 is 0 Å². The van der Waals surface area contributed by atoms with Gasteiger partial charge in [-0.3, -0.25) is 4.99 Å². The summed E-state index contributed by atoms with van der Waals surface area (Å²) in [5.74, 6) is 0.358. The number of hydrogen-bond acceptors (Lipinski definition) is 6. The van der Waals surface area contributed by atoms with Crippen molar-refractivity contribution in [2.75, 3.05) is 11.9 Å². The van der Waals surface area contributed by atoms with Gasteiger partial charge in [0.1, 0.15) is 0 Å². The van der Waals surface area contributed by atoms with Gasteiger partial charge >= 0.3 is 0 Å². The third kappa shape index (κ3) is 15.4. The summed E-state index contributed by atoms with van der Waals surface area (Å²) in [6.45, 7) is 15.9. The smallest absolute Gasteiger partial charge is 0.183 e. The lowest BCUT2D eigenvalue weighted by atomic mass is 10.2. The topological polar surface area (TPSA) is 77.7 Å². The fourth-order valence-electron chi connectivity index (χ4n) is 1.47. The molecule has 0 unspecified atom stereocenters. The van der Waals surface area contributed by atoms with E-state index < -0.39 is 0 Å². The number of nitrogens with one attached hydrogen (secondary N) is 1. The standard InChI is InChI=1S/C16H23N3O2S.2C2H6/c1-12(2)18-16-19-14(11-22-16)10-17-9-8-15(21)7-5-4-6-13(3)20;2*1-2/h4-5,8,10-12,20-21H,3,6-7,9H2,1-2H3,(H,18,19);2*1-2H3/b5-4-,15-8+,17-10?;;. The van der Waals surface area contributed by atoms with Crippen LogP contribution in [0.15, 0.2) is 46.7 Å². The number of aliphatic hydroxyl groups is 2. The molecule has 0 saturated carbocycles. The maximum atomic E-state index is 9.64. The van der Waals surface area contributed by atoms with Crippen LogP contribution in [-0.2, 0) is 0 Å². The summed E-state index contributed by atoms with van der Waals surface area (Å²) >= 11 is 1.54. The monoisotopic (exact) mass is 381 g/mol.